The summed E-state index contributed by atoms with van der Waals surface area (Å²) in [5.74, 6) is 0.692. The molecule has 2 rings (SSSR count). The molecule has 0 bridgehead atoms. The highest BCUT2D eigenvalue weighted by atomic mass is 32.2. The van der Waals surface area contributed by atoms with Gasteiger partial charge in [-0.3, -0.25) is 0 Å². The van der Waals surface area contributed by atoms with Crippen molar-refractivity contribution < 1.29 is 17.7 Å². The van der Waals surface area contributed by atoms with Gasteiger partial charge in [-0.25, -0.2) is 17.9 Å². The number of nitrogens with one attached hydrogen (secondary N) is 2. The van der Waals surface area contributed by atoms with Crippen molar-refractivity contribution in [2.45, 2.75) is 32.1 Å². The Balaban J connectivity index is 1.90. The molecule has 1 aromatic carbocycles. The van der Waals surface area contributed by atoms with Crippen molar-refractivity contribution >= 4 is 16.1 Å². The SMILES string of the molecule is Cc1ccc(S(=O)(=O)NC(=O)NCCc2c(C)noc2C)cc1. The Hall–Kier alpha value is -2.35. The third-order valence-corrected chi connectivity index (χ3v) is 4.75. The van der Waals surface area contributed by atoms with Gasteiger partial charge in [0.15, 0.2) is 0 Å². The molecule has 23 heavy (non-hydrogen) atoms. The lowest BCUT2D eigenvalue weighted by molar-refractivity contribution is 0.246. The summed E-state index contributed by atoms with van der Waals surface area (Å²) in [5, 5.41) is 6.33. The van der Waals surface area contributed by atoms with E-state index in [4.69, 9.17) is 4.52 Å². The smallest absolute Gasteiger partial charge is 0.328 e. The standard InChI is InChI=1S/C15H19N3O4S/c1-10-4-6-13(7-5-10)23(20,21)18-15(19)16-9-8-14-11(2)17-22-12(14)3/h4-7H,8-9H2,1-3H3,(H2,16,18,19). The van der Waals surface area contributed by atoms with Crippen molar-refractivity contribution in [3.63, 3.8) is 0 Å². The zero-order chi connectivity index (χ0) is 17.0. The number of nitrogens with zero attached hydrogens (tertiary/aromatic N) is 1. The highest BCUT2D eigenvalue weighted by Gasteiger charge is 2.17. The summed E-state index contributed by atoms with van der Waals surface area (Å²) < 4.78 is 31.1. The molecular weight excluding hydrogens is 318 g/mol. The molecule has 0 aliphatic carbocycles. The summed E-state index contributed by atoms with van der Waals surface area (Å²) >= 11 is 0. The van der Waals surface area contributed by atoms with Gasteiger partial charge >= 0.3 is 6.03 Å². The van der Waals surface area contributed by atoms with Crippen LogP contribution in [0.4, 0.5) is 4.79 Å². The Morgan fingerprint density at radius 2 is 1.83 bits per heavy atom. The molecule has 0 aliphatic rings. The first-order valence-corrected chi connectivity index (χ1v) is 8.57. The van der Waals surface area contributed by atoms with Gasteiger partial charge in [0.2, 0.25) is 0 Å². The minimum atomic E-state index is -3.87. The molecule has 2 amide bonds. The van der Waals surface area contributed by atoms with Crippen molar-refractivity contribution in [1.29, 1.82) is 0 Å². The van der Waals surface area contributed by atoms with E-state index in [1.54, 1.807) is 19.1 Å². The molecule has 1 aromatic heterocycles. The Labute approximate surface area is 135 Å². The van der Waals surface area contributed by atoms with E-state index in [2.05, 4.69) is 10.5 Å². The lowest BCUT2D eigenvalue weighted by Gasteiger charge is -2.09. The van der Waals surface area contributed by atoms with Crippen LogP contribution in [-0.2, 0) is 16.4 Å². The second kappa shape index (κ2) is 6.82. The van der Waals surface area contributed by atoms with Crippen LogP contribution in [0.25, 0.3) is 0 Å². The van der Waals surface area contributed by atoms with Gasteiger partial charge < -0.3 is 9.84 Å². The highest BCUT2D eigenvalue weighted by Crippen LogP contribution is 2.12. The largest absolute Gasteiger partial charge is 0.361 e. The minimum absolute atomic E-state index is 0.0453. The number of amides is 2. The number of hydrogen-bond donors (Lipinski definition) is 2. The number of sulfonamides is 1. The number of aromatic nitrogens is 1. The van der Waals surface area contributed by atoms with Crippen LogP contribution in [0.5, 0.6) is 0 Å². The van der Waals surface area contributed by atoms with Crippen LogP contribution in [0.2, 0.25) is 0 Å². The molecule has 0 spiro atoms. The van der Waals surface area contributed by atoms with Crippen molar-refractivity contribution in [2.75, 3.05) is 6.54 Å². The van der Waals surface area contributed by atoms with Gasteiger partial charge in [-0.2, -0.15) is 0 Å². The number of rotatable bonds is 5. The number of urea groups is 1. The van der Waals surface area contributed by atoms with Gasteiger partial charge in [0.25, 0.3) is 10.0 Å². The molecular formula is C15H19N3O4S. The molecule has 7 nitrogen and oxygen atoms in total. The number of aryl methyl sites for hydroxylation is 3. The molecule has 0 aliphatic heterocycles. The summed E-state index contributed by atoms with van der Waals surface area (Å²) in [7, 11) is -3.87. The number of carbonyl (C=O) groups excluding carboxylic acids is 1. The maximum Gasteiger partial charge on any atom is 0.328 e. The van der Waals surface area contributed by atoms with Gasteiger partial charge in [0.1, 0.15) is 5.76 Å². The maximum atomic E-state index is 12.1. The number of hydrogen-bond acceptors (Lipinski definition) is 5. The van der Waals surface area contributed by atoms with Crippen LogP contribution in [0.3, 0.4) is 0 Å². The molecule has 124 valence electrons. The maximum absolute atomic E-state index is 12.1. The minimum Gasteiger partial charge on any atom is -0.361 e. The lowest BCUT2D eigenvalue weighted by atomic mass is 10.1. The zero-order valence-corrected chi connectivity index (χ0v) is 14.0. The topological polar surface area (TPSA) is 101 Å². The summed E-state index contributed by atoms with van der Waals surface area (Å²) in [6.45, 7) is 5.73. The first kappa shape index (κ1) is 17.0. The molecule has 2 aromatic rings. The predicted molar refractivity (Wildman–Crippen MR) is 84.6 cm³/mol. The van der Waals surface area contributed by atoms with Crippen LogP contribution in [0.1, 0.15) is 22.6 Å². The fourth-order valence-corrected chi connectivity index (χ4v) is 3.02. The normalized spacial score (nSPS) is 11.3. The quantitative estimate of drug-likeness (QED) is 0.867. The molecule has 8 heteroatoms. The third kappa shape index (κ3) is 4.32. The molecule has 0 unspecified atom stereocenters. The van der Waals surface area contributed by atoms with Gasteiger partial charge in [0, 0.05) is 12.1 Å². The monoisotopic (exact) mass is 337 g/mol. The van der Waals surface area contributed by atoms with E-state index in [1.807, 2.05) is 18.6 Å². The highest BCUT2D eigenvalue weighted by molar-refractivity contribution is 7.90. The van der Waals surface area contributed by atoms with E-state index in [9.17, 15) is 13.2 Å². The van der Waals surface area contributed by atoms with Crippen molar-refractivity contribution in [3.05, 3.63) is 46.8 Å². The molecule has 1 heterocycles. The molecule has 0 saturated heterocycles. The molecule has 0 radical (unpaired) electrons. The van der Waals surface area contributed by atoms with Crippen molar-refractivity contribution in [3.8, 4) is 0 Å². The van der Waals surface area contributed by atoms with Crippen LogP contribution >= 0.6 is 0 Å². The van der Waals surface area contributed by atoms with E-state index >= 15 is 0 Å². The van der Waals surface area contributed by atoms with Crippen LogP contribution in [0, 0.1) is 20.8 Å². The summed E-state index contributed by atoms with van der Waals surface area (Å²) in [5.41, 5.74) is 2.61. The van der Waals surface area contributed by atoms with E-state index in [0.29, 0.717) is 12.2 Å². The van der Waals surface area contributed by atoms with Crippen LogP contribution < -0.4 is 10.0 Å². The molecule has 0 saturated carbocycles. The Morgan fingerprint density at radius 3 is 2.39 bits per heavy atom. The Morgan fingerprint density at radius 1 is 1.17 bits per heavy atom. The first-order valence-electron chi connectivity index (χ1n) is 7.08. The summed E-state index contributed by atoms with van der Waals surface area (Å²) in [6.07, 6.45) is 0.513. The van der Waals surface area contributed by atoms with E-state index in [1.165, 1.54) is 12.1 Å². The van der Waals surface area contributed by atoms with Gasteiger partial charge in [0.05, 0.1) is 10.6 Å². The van der Waals surface area contributed by atoms with E-state index in [0.717, 1.165) is 16.8 Å². The number of carbonyl (C=O) groups is 1. The number of benzene rings is 1. The average molecular weight is 337 g/mol. The summed E-state index contributed by atoms with van der Waals surface area (Å²) in [4.78, 5) is 11.8. The van der Waals surface area contributed by atoms with Crippen LogP contribution in [-0.4, -0.2) is 26.2 Å². The van der Waals surface area contributed by atoms with E-state index < -0.39 is 16.1 Å². The van der Waals surface area contributed by atoms with Gasteiger partial charge in [-0.1, -0.05) is 22.9 Å². The molecule has 2 N–H and O–H groups in total. The van der Waals surface area contributed by atoms with Crippen LogP contribution in [0.15, 0.2) is 33.7 Å². The van der Waals surface area contributed by atoms with Crippen molar-refractivity contribution in [2.24, 2.45) is 0 Å². The fraction of sp³-hybridized carbons (Fsp3) is 0.333. The van der Waals surface area contributed by atoms with Gasteiger partial charge in [-0.15, -0.1) is 0 Å². The van der Waals surface area contributed by atoms with Gasteiger partial charge in [-0.05, 0) is 39.3 Å². The summed E-state index contributed by atoms with van der Waals surface area (Å²) in [6, 6.07) is 5.48. The fourth-order valence-electron chi connectivity index (χ4n) is 2.09. The Kier molecular flexibility index (Phi) is 5.05. The molecule has 0 fully saturated rings. The predicted octanol–water partition coefficient (Wildman–Crippen LogP) is 1.83. The Bertz CT molecular complexity index is 775. The second-order valence-corrected chi connectivity index (χ2v) is 6.91. The first-order chi connectivity index (χ1) is 10.8. The lowest BCUT2D eigenvalue weighted by Crippen LogP contribution is -2.40. The zero-order valence-electron chi connectivity index (χ0n) is 13.2. The third-order valence-electron chi connectivity index (χ3n) is 3.40. The molecule has 0 atom stereocenters. The second-order valence-electron chi connectivity index (χ2n) is 5.23. The van der Waals surface area contributed by atoms with E-state index in [-0.39, 0.29) is 11.4 Å². The average Bonchev–Trinajstić information content (AvgIpc) is 2.79. The van der Waals surface area contributed by atoms with Crippen molar-refractivity contribution in [1.82, 2.24) is 15.2 Å².